The molecule has 4 aliphatic carbocycles. The summed E-state index contributed by atoms with van der Waals surface area (Å²) in [7, 11) is 0. The van der Waals surface area contributed by atoms with Gasteiger partial charge in [0.2, 0.25) is 0 Å². The minimum atomic E-state index is 0. The molecule has 0 aromatic heterocycles. The van der Waals surface area contributed by atoms with Gasteiger partial charge in [-0.25, -0.2) is 0 Å². The van der Waals surface area contributed by atoms with Crippen molar-refractivity contribution < 1.29 is 34.1 Å². The molecule has 204 valence electrons. The van der Waals surface area contributed by atoms with Gasteiger partial charge in [-0.15, -0.1) is 0 Å². The third kappa shape index (κ3) is 10.7. The van der Waals surface area contributed by atoms with Gasteiger partial charge in [-0.05, 0) is 114 Å². The minimum absolute atomic E-state index is 0. The third-order valence-electron chi connectivity index (χ3n) is 6.07. The van der Waals surface area contributed by atoms with Gasteiger partial charge in [-0.1, -0.05) is 60.7 Å². The summed E-state index contributed by atoms with van der Waals surface area (Å²) < 4.78 is 0. The van der Waals surface area contributed by atoms with Gasteiger partial charge < -0.3 is 0 Å². The fraction of sp³-hybridized carbons (Fsp3) is 0. The van der Waals surface area contributed by atoms with Gasteiger partial charge in [0, 0.05) is 36.1 Å². The Hall–Kier alpha value is -1.84. The molecule has 6 rings (SSSR count). The van der Waals surface area contributed by atoms with E-state index < -0.39 is 0 Å². The molecule has 4 saturated carbocycles. The number of nitrogens with zero attached hydrogens (tertiary/aromatic N) is 4. The topological polar surface area (TPSA) is 49.4 Å². The minimum Gasteiger partial charge on any atom is -0.163 e. The first-order valence-corrected chi connectivity index (χ1v) is 13.1. The van der Waals surface area contributed by atoms with Gasteiger partial charge in [0.25, 0.3) is 0 Å². The average Bonchev–Trinajstić information content (AvgIpc) is 3.84. The monoisotopic (exact) mass is 628 g/mol. The molecule has 0 aliphatic heterocycles. The van der Waals surface area contributed by atoms with E-state index in [9.17, 15) is 0 Å². The molecule has 0 heterocycles. The molecule has 0 spiro atoms. The standard InChI is InChI=1S/2C18H14N2.2Fe/c2*1-2-10-16(11-3-1)18(17-12-6-7-13-17)20-19-14-15-8-4-5-9-15;;/h2*1-14H;;/q;;2*+2/b2*19-14+,20-18+;;. The number of hydrogen-bond acceptors (Lipinski definition) is 4. The number of hydrogen-bond donors (Lipinski definition) is 0. The summed E-state index contributed by atoms with van der Waals surface area (Å²) in [5.41, 5.74) is 3.91. The van der Waals surface area contributed by atoms with Crippen molar-refractivity contribution in [2.24, 2.45) is 20.4 Å². The zero-order chi connectivity index (χ0) is 27.2. The van der Waals surface area contributed by atoms with Gasteiger partial charge in [0.1, 0.15) is 0 Å². The van der Waals surface area contributed by atoms with E-state index in [1.807, 2.05) is 163 Å². The van der Waals surface area contributed by atoms with Crippen molar-refractivity contribution in [1.82, 2.24) is 0 Å². The summed E-state index contributed by atoms with van der Waals surface area (Å²) in [5.74, 6) is 4.28. The molecule has 4 fully saturated rings. The molecular weight excluding hydrogens is 600 g/mol. The van der Waals surface area contributed by atoms with Gasteiger partial charge in [-0.2, -0.15) is 20.4 Å². The second kappa shape index (κ2) is 19.4. The summed E-state index contributed by atoms with van der Waals surface area (Å²) in [5, 5.41) is 17.2. The van der Waals surface area contributed by atoms with Crippen LogP contribution in [-0.2, 0) is 34.1 Å². The fourth-order valence-electron chi connectivity index (χ4n) is 4.08. The van der Waals surface area contributed by atoms with E-state index in [1.165, 1.54) is 0 Å². The first-order valence-electron chi connectivity index (χ1n) is 13.1. The molecule has 2 aromatic rings. The summed E-state index contributed by atoms with van der Waals surface area (Å²) in [4.78, 5) is 0. The molecular formula is C36H28Fe2N4+4. The maximum absolute atomic E-state index is 4.40. The Morgan fingerprint density at radius 3 is 1.05 bits per heavy atom. The molecule has 0 N–H and O–H groups in total. The summed E-state index contributed by atoms with van der Waals surface area (Å²) in [6, 6.07) is 20.2. The van der Waals surface area contributed by atoms with Crippen LogP contribution >= 0.6 is 0 Å². The van der Waals surface area contributed by atoms with Crippen LogP contribution in [-0.4, -0.2) is 23.9 Å². The van der Waals surface area contributed by atoms with Crippen LogP contribution in [0.3, 0.4) is 0 Å². The molecule has 0 saturated heterocycles. The normalized spacial score (nSPS) is 21.0. The van der Waals surface area contributed by atoms with Crippen molar-refractivity contribution >= 4 is 23.9 Å². The Morgan fingerprint density at radius 2 is 0.714 bits per heavy atom. The van der Waals surface area contributed by atoms with Gasteiger partial charge >= 0.3 is 34.1 Å². The molecule has 20 radical (unpaired) electrons. The molecule has 0 bridgehead atoms. The van der Waals surface area contributed by atoms with E-state index in [0.717, 1.165) is 46.2 Å². The molecule has 4 nitrogen and oxygen atoms in total. The smallest absolute Gasteiger partial charge is 0.163 e. The second-order valence-electron chi connectivity index (χ2n) is 8.90. The van der Waals surface area contributed by atoms with Crippen molar-refractivity contribution in [3.8, 4) is 0 Å². The van der Waals surface area contributed by atoms with Crippen LogP contribution in [0.4, 0.5) is 0 Å². The number of benzene rings is 2. The van der Waals surface area contributed by atoms with Crippen LogP contribution in [0.1, 0.15) is 11.1 Å². The Bertz CT molecular complexity index is 1030. The van der Waals surface area contributed by atoms with E-state index >= 15 is 0 Å². The van der Waals surface area contributed by atoms with Crippen LogP contribution in [0.5, 0.6) is 0 Å². The van der Waals surface area contributed by atoms with Crippen molar-refractivity contribution in [2.75, 3.05) is 0 Å². The van der Waals surface area contributed by atoms with Crippen LogP contribution < -0.4 is 0 Å². The van der Waals surface area contributed by atoms with Gasteiger partial charge in [-0.3, -0.25) is 0 Å². The van der Waals surface area contributed by atoms with Crippen molar-refractivity contribution in [3.63, 3.8) is 0 Å². The Labute approximate surface area is 275 Å². The van der Waals surface area contributed by atoms with Gasteiger partial charge in [0.05, 0.1) is 11.4 Å². The van der Waals surface area contributed by atoms with Crippen molar-refractivity contribution in [2.45, 2.75) is 0 Å². The van der Waals surface area contributed by atoms with E-state index in [4.69, 9.17) is 0 Å². The van der Waals surface area contributed by atoms with E-state index in [1.54, 1.807) is 12.4 Å². The van der Waals surface area contributed by atoms with Crippen molar-refractivity contribution in [1.29, 1.82) is 0 Å². The van der Waals surface area contributed by atoms with Crippen LogP contribution in [0.25, 0.3) is 0 Å². The second-order valence-corrected chi connectivity index (χ2v) is 8.90. The molecule has 0 atom stereocenters. The first kappa shape index (κ1) is 34.6. The first-order chi connectivity index (χ1) is 19.9. The molecule has 42 heavy (non-hydrogen) atoms. The van der Waals surface area contributed by atoms with Crippen molar-refractivity contribution in [3.05, 3.63) is 198 Å². The molecule has 0 amide bonds. The fourth-order valence-corrected chi connectivity index (χ4v) is 4.08. The Kier molecular flexibility index (Phi) is 16.0. The third-order valence-corrected chi connectivity index (χ3v) is 6.07. The van der Waals surface area contributed by atoms with E-state index in [2.05, 4.69) is 20.4 Å². The van der Waals surface area contributed by atoms with E-state index in [-0.39, 0.29) is 34.1 Å². The predicted molar refractivity (Wildman–Crippen MR) is 165 cm³/mol. The maximum Gasteiger partial charge on any atom is 2.00 e. The largest absolute Gasteiger partial charge is 2.00 e. The van der Waals surface area contributed by atoms with Crippen LogP contribution in [0, 0.1) is 126 Å². The zero-order valence-corrected chi connectivity index (χ0v) is 24.9. The maximum atomic E-state index is 4.40. The summed E-state index contributed by atoms with van der Waals surface area (Å²) in [6.45, 7) is 0. The Balaban J connectivity index is 0.000000220. The van der Waals surface area contributed by atoms with Crippen LogP contribution in [0.15, 0.2) is 81.1 Å². The average molecular weight is 628 g/mol. The molecule has 2 aromatic carbocycles. The number of rotatable bonds is 8. The summed E-state index contributed by atoms with van der Waals surface area (Å²) >= 11 is 0. The van der Waals surface area contributed by atoms with Crippen LogP contribution in [0.2, 0.25) is 0 Å². The SMILES string of the molecule is [CH]1[CH][CH][C](/C=N/N=C(/[C]2[CH][CH][CH][CH]2)c2ccccc2)[CH]1.[CH]1[CH][CH][C](/C=N/N=C(/[C]2[CH][CH][CH][CH]2)c2ccccc2)[CH]1.[Fe+2].[Fe+2]. The van der Waals surface area contributed by atoms with Gasteiger partial charge in [0.15, 0.2) is 0 Å². The van der Waals surface area contributed by atoms with E-state index in [0.29, 0.717) is 0 Å². The quantitative estimate of drug-likeness (QED) is 0.181. The molecule has 0 unspecified atom stereocenters. The Morgan fingerprint density at radius 1 is 0.405 bits per heavy atom. The zero-order valence-electron chi connectivity index (χ0n) is 22.7. The predicted octanol–water partition coefficient (Wildman–Crippen LogP) is 6.54. The summed E-state index contributed by atoms with van der Waals surface area (Å²) in [6.07, 6.45) is 35.7. The molecule has 6 heteroatoms. The molecule has 4 aliphatic rings.